The Kier molecular flexibility index (Phi) is 7.18. The molecule has 1 aromatic carbocycles. The summed E-state index contributed by atoms with van der Waals surface area (Å²) < 4.78 is 9.44. The van der Waals surface area contributed by atoms with Gasteiger partial charge in [0.05, 0.1) is 7.11 Å². The number of benzene rings is 1. The Morgan fingerprint density at radius 2 is 1.83 bits per heavy atom. The smallest absolute Gasteiger partial charge is 0.332 e. The summed E-state index contributed by atoms with van der Waals surface area (Å²) >= 11 is 0. The molecule has 2 heterocycles. The molecule has 35 heavy (non-hydrogen) atoms. The Morgan fingerprint density at radius 3 is 2.46 bits per heavy atom. The maximum absolute atomic E-state index is 13.4. The van der Waals surface area contributed by atoms with Crippen molar-refractivity contribution in [2.24, 2.45) is 12.8 Å². The number of esters is 1. The highest BCUT2D eigenvalue weighted by Gasteiger charge is 2.26. The topological polar surface area (TPSA) is 138 Å². The molecule has 0 radical (unpaired) electrons. The van der Waals surface area contributed by atoms with Crippen molar-refractivity contribution in [3.05, 3.63) is 50.7 Å². The van der Waals surface area contributed by atoms with E-state index in [0.29, 0.717) is 29.9 Å². The maximum Gasteiger partial charge on any atom is 0.332 e. The van der Waals surface area contributed by atoms with E-state index in [0.717, 1.165) is 31.2 Å². The van der Waals surface area contributed by atoms with Crippen molar-refractivity contribution < 1.29 is 9.53 Å². The third-order valence-electron chi connectivity index (χ3n) is 6.80. The van der Waals surface area contributed by atoms with Crippen molar-refractivity contribution in [3.63, 3.8) is 0 Å². The van der Waals surface area contributed by atoms with Gasteiger partial charge in [-0.05, 0) is 25.7 Å². The van der Waals surface area contributed by atoms with Crippen LogP contribution >= 0.6 is 0 Å². The Labute approximate surface area is 202 Å². The number of nitrogens with one attached hydrogen (secondary N) is 1. The Morgan fingerprint density at radius 1 is 1.14 bits per heavy atom. The van der Waals surface area contributed by atoms with Crippen molar-refractivity contribution in [2.75, 3.05) is 7.11 Å². The molecule has 0 aliphatic heterocycles. The second-order valence-electron chi connectivity index (χ2n) is 9.09. The standard InChI is InChI=1S/C25H32N6O4/c1-29-23-20(24(33)30(25(29)34)15-7-6-10-19(32)35-2)28-22(31(23)18-8-4-3-5-9-18)17-13-11-16(12-14-17)21(26)27/h11-14,18H,3-10,15H2,1-2H3,(H3,26,27). The van der Waals surface area contributed by atoms with E-state index < -0.39 is 11.2 Å². The summed E-state index contributed by atoms with van der Waals surface area (Å²) in [4.78, 5) is 42.8. The number of aromatic nitrogens is 4. The van der Waals surface area contributed by atoms with Gasteiger partial charge in [0.1, 0.15) is 11.7 Å². The van der Waals surface area contributed by atoms with Crippen molar-refractivity contribution in [1.82, 2.24) is 18.7 Å². The SMILES string of the molecule is COC(=O)CCCCn1c(=O)c2nc(-c3ccc(C(=N)N)cc3)n(C3CCCCC3)c2n(C)c1=O. The van der Waals surface area contributed by atoms with Crippen molar-refractivity contribution in [2.45, 2.75) is 64.0 Å². The molecule has 0 amide bonds. The predicted molar refractivity (Wildman–Crippen MR) is 134 cm³/mol. The summed E-state index contributed by atoms with van der Waals surface area (Å²) in [5.41, 5.74) is 7.00. The van der Waals surface area contributed by atoms with Gasteiger partial charge < -0.3 is 15.0 Å². The zero-order valence-corrected chi connectivity index (χ0v) is 20.2. The molecule has 0 atom stereocenters. The van der Waals surface area contributed by atoms with Crippen LogP contribution in [0.5, 0.6) is 0 Å². The van der Waals surface area contributed by atoms with Crippen LogP contribution in [0.3, 0.4) is 0 Å². The van der Waals surface area contributed by atoms with Crippen LogP contribution in [-0.4, -0.2) is 37.6 Å². The van der Waals surface area contributed by atoms with Crippen LogP contribution in [0, 0.1) is 5.41 Å². The number of amidine groups is 1. The summed E-state index contributed by atoms with van der Waals surface area (Å²) in [5.74, 6) is 0.305. The van der Waals surface area contributed by atoms with Gasteiger partial charge in [-0.1, -0.05) is 43.5 Å². The van der Waals surface area contributed by atoms with E-state index in [4.69, 9.17) is 16.1 Å². The molecule has 0 spiro atoms. The number of imidazole rings is 1. The molecule has 10 nitrogen and oxygen atoms in total. The van der Waals surface area contributed by atoms with Crippen molar-refractivity contribution in [1.29, 1.82) is 5.41 Å². The Bertz CT molecular complexity index is 1360. The molecule has 1 fully saturated rings. The normalized spacial score (nSPS) is 14.3. The fourth-order valence-electron chi connectivity index (χ4n) is 4.90. The fraction of sp³-hybridized carbons (Fsp3) is 0.480. The number of hydrogen-bond acceptors (Lipinski definition) is 6. The Balaban J connectivity index is 1.83. The highest BCUT2D eigenvalue weighted by atomic mass is 16.5. The molecule has 2 aromatic heterocycles. The molecule has 3 aromatic rings. The number of carbonyl (C=O) groups is 1. The van der Waals surface area contributed by atoms with Gasteiger partial charge in [0.2, 0.25) is 0 Å². The highest BCUT2D eigenvalue weighted by Crippen LogP contribution is 2.35. The minimum Gasteiger partial charge on any atom is -0.469 e. The lowest BCUT2D eigenvalue weighted by Gasteiger charge is -2.26. The van der Waals surface area contributed by atoms with E-state index in [1.165, 1.54) is 22.7 Å². The van der Waals surface area contributed by atoms with Gasteiger partial charge in [0.15, 0.2) is 11.2 Å². The van der Waals surface area contributed by atoms with Gasteiger partial charge in [-0.15, -0.1) is 0 Å². The van der Waals surface area contributed by atoms with Gasteiger partial charge in [-0.25, -0.2) is 9.78 Å². The number of carbonyl (C=O) groups excluding carboxylic acids is 1. The van der Waals surface area contributed by atoms with E-state index in [1.807, 2.05) is 12.1 Å². The third-order valence-corrected chi connectivity index (χ3v) is 6.80. The molecule has 0 bridgehead atoms. The fourth-order valence-corrected chi connectivity index (χ4v) is 4.90. The molecule has 1 saturated carbocycles. The molecule has 10 heteroatoms. The molecule has 3 N–H and O–H groups in total. The first-order valence-electron chi connectivity index (χ1n) is 12.1. The lowest BCUT2D eigenvalue weighted by molar-refractivity contribution is -0.140. The van der Waals surface area contributed by atoms with E-state index in [2.05, 4.69) is 9.30 Å². The highest BCUT2D eigenvalue weighted by molar-refractivity contribution is 5.95. The summed E-state index contributed by atoms with van der Waals surface area (Å²) in [6.45, 7) is 0.206. The second-order valence-corrected chi connectivity index (χ2v) is 9.09. The number of ether oxygens (including phenoxy) is 1. The summed E-state index contributed by atoms with van der Waals surface area (Å²) in [6.07, 6.45) is 6.50. The van der Waals surface area contributed by atoms with Gasteiger partial charge in [-0.3, -0.25) is 24.1 Å². The monoisotopic (exact) mass is 480 g/mol. The van der Waals surface area contributed by atoms with Crippen LogP contribution in [0.2, 0.25) is 0 Å². The molecule has 1 aliphatic carbocycles. The number of fused-ring (bicyclic) bond motifs is 1. The molecular formula is C25H32N6O4. The summed E-state index contributed by atoms with van der Waals surface area (Å²) in [5, 5.41) is 7.66. The number of nitrogens with two attached hydrogens (primary N) is 1. The minimum absolute atomic E-state index is 0.0187. The van der Waals surface area contributed by atoms with E-state index >= 15 is 0 Å². The predicted octanol–water partition coefficient (Wildman–Crippen LogP) is 2.70. The summed E-state index contributed by atoms with van der Waals surface area (Å²) in [7, 11) is 3.02. The first kappa shape index (κ1) is 24.4. The second kappa shape index (κ2) is 10.3. The largest absolute Gasteiger partial charge is 0.469 e. The molecule has 0 unspecified atom stereocenters. The van der Waals surface area contributed by atoms with E-state index in [-0.39, 0.29) is 36.3 Å². The number of rotatable bonds is 8. The lowest BCUT2D eigenvalue weighted by Crippen LogP contribution is -2.39. The minimum atomic E-state index is -0.419. The lowest BCUT2D eigenvalue weighted by atomic mass is 9.95. The summed E-state index contributed by atoms with van der Waals surface area (Å²) in [6, 6.07) is 7.36. The number of unbranched alkanes of at least 4 members (excludes halogenated alkanes) is 1. The molecule has 186 valence electrons. The Hall–Kier alpha value is -3.69. The zero-order chi connectivity index (χ0) is 25.1. The number of aryl methyl sites for hydroxylation is 1. The average Bonchev–Trinajstić information content (AvgIpc) is 3.28. The van der Waals surface area contributed by atoms with E-state index in [9.17, 15) is 14.4 Å². The average molecular weight is 481 g/mol. The van der Waals surface area contributed by atoms with Gasteiger partial charge >= 0.3 is 11.7 Å². The van der Waals surface area contributed by atoms with Crippen molar-refractivity contribution in [3.8, 4) is 11.4 Å². The number of hydrogen-bond donors (Lipinski definition) is 2. The first-order chi connectivity index (χ1) is 16.8. The molecular weight excluding hydrogens is 448 g/mol. The number of methoxy groups -OCH3 is 1. The van der Waals surface area contributed by atoms with Crippen LogP contribution in [-0.2, 0) is 23.1 Å². The number of nitrogens with zero attached hydrogens (tertiary/aromatic N) is 4. The van der Waals surface area contributed by atoms with Crippen LogP contribution in [0.4, 0.5) is 0 Å². The zero-order valence-electron chi connectivity index (χ0n) is 20.2. The maximum atomic E-state index is 13.4. The first-order valence-corrected chi connectivity index (χ1v) is 12.1. The van der Waals surface area contributed by atoms with Gasteiger partial charge in [-0.2, -0.15) is 0 Å². The quantitative estimate of drug-likeness (QED) is 0.220. The van der Waals surface area contributed by atoms with Crippen molar-refractivity contribution >= 4 is 23.0 Å². The molecule has 4 rings (SSSR count). The van der Waals surface area contributed by atoms with Gasteiger partial charge in [0, 0.05) is 37.2 Å². The van der Waals surface area contributed by atoms with Crippen LogP contribution in [0.1, 0.15) is 63.0 Å². The van der Waals surface area contributed by atoms with Crippen LogP contribution < -0.4 is 17.0 Å². The molecule has 1 aliphatic rings. The van der Waals surface area contributed by atoms with Crippen LogP contribution in [0.25, 0.3) is 22.6 Å². The van der Waals surface area contributed by atoms with E-state index in [1.54, 1.807) is 19.2 Å². The van der Waals surface area contributed by atoms with Crippen LogP contribution in [0.15, 0.2) is 33.9 Å². The number of nitrogen functional groups attached to an aromatic ring is 1. The van der Waals surface area contributed by atoms with Gasteiger partial charge in [0.25, 0.3) is 5.56 Å². The third kappa shape index (κ3) is 4.78. The molecule has 0 saturated heterocycles.